The molecule has 0 atom stereocenters. The number of aryl methyl sites for hydroxylation is 1. The van der Waals surface area contributed by atoms with Crippen molar-refractivity contribution in [2.24, 2.45) is 7.05 Å². The summed E-state index contributed by atoms with van der Waals surface area (Å²) in [5.41, 5.74) is 3.52. The van der Waals surface area contributed by atoms with Crippen LogP contribution in [0.2, 0.25) is 5.02 Å². The summed E-state index contributed by atoms with van der Waals surface area (Å²) in [4.78, 5) is 19.4. The molecule has 162 valence electrons. The molecule has 4 aromatic rings. The molecule has 0 spiro atoms. The number of rotatable bonds is 6. The van der Waals surface area contributed by atoms with Gasteiger partial charge in [0.15, 0.2) is 5.82 Å². The van der Waals surface area contributed by atoms with Crippen molar-refractivity contribution in [1.29, 1.82) is 0 Å². The molecule has 0 aliphatic carbocycles. The van der Waals surface area contributed by atoms with Crippen LogP contribution in [0, 0.1) is 5.82 Å². The van der Waals surface area contributed by atoms with Crippen molar-refractivity contribution >= 4 is 29.2 Å². The number of nitrogens with one attached hydrogen (secondary N) is 1. The molecule has 0 saturated carbocycles. The third-order valence-corrected chi connectivity index (χ3v) is 5.44. The first-order valence-corrected chi connectivity index (χ1v) is 10.4. The quantitative estimate of drug-likeness (QED) is 0.468. The van der Waals surface area contributed by atoms with Crippen LogP contribution in [-0.2, 0) is 24.9 Å². The smallest absolute Gasteiger partial charge is 0.228 e. The highest BCUT2D eigenvalue weighted by molar-refractivity contribution is 6.30. The van der Waals surface area contributed by atoms with Gasteiger partial charge in [-0.1, -0.05) is 17.7 Å². The highest BCUT2D eigenvalue weighted by atomic mass is 35.5. The normalized spacial score (nSPS) is 12.8. The van der Waals surface area contributed by atoms with Gasteiger partial charge in [0.25, 0.3) is 0 Å². The Morgan fingerprint density at radius 1 is 1.16 bits per heavy atom. The van der Waals surface area contributed by atoms with Gasteiger partial charge in [0.05, 0.1) is 23.5 Å². The topological polar surface area (TPSA) is 81.0 Å². The van der Waals surface area contributed by atoms with Crippen LogP contribution in [0.1, 0.15) is 11.1 Å². The van der Waals surface area contributed by atoms with E-state index in [9.17, 15) is 4.39 Å². The van der Waals surface area contributed by atoms with E-state index < -0.39 is 5.82 Å². The van der Waals surface area contributed by atoms with Gasteiger partial charge in [0.1, 0.15) is 18.2 Å². The van der Waals surface area contributed by atoms with Gasteiger partial charge >= 0.3 is 0 Å². The minimum absolute atomic E-state index is 0.0813. The summed E-state index contributed by atoms with van der Waals surface area (Å²) >= 11 is 5.85. The highest BCUT2D eigenvalue weighted by Gasteiger charge is 2.22. The van der Waals surface area contributed by atoms with Crippen molar-refractivity contribution < 1.29 is 9.23 Å². The molecule has 1 aliphatic rings. The summed E-state index contributed by atoms with van der Waals surface area (Å²) in [7, 11) is 1.84. The Labute approximate surface area is 188 Å². The molecule has 0 radical (unpaired) electrons. The zero-order valence-corrected chi connectivity index (χ0v) is 17.9. The summed E-state index contributed by atoms with van der Waals surface area (Å²) < 4.78 is 15.1. The molecule has 0 fully saturated rings. The van der Waals surface area contributed by atoms with Gasteiger partial charge in [-0.3, -0.25) is 9.52 Å². The first-order chi connectivity index (χ1) is 15.6. The first-order valence-electron chi connectivity index (χ1n) is 9.98. The van der Waals surface area contributed by atoms with Crippen molar-refractivity contribution in [3.8, 4) is 11.3 Å². The van der Waals surface area contributed by atoms with E-state index in [1.807, 2.05) is 19.2 Å². The molecule has 1 aliphatic heterocycles. The predicted molar refractivity (Wildman–Crippen MR) is 119 cm³/mol. The lowest BCUT2D eigenvalue weighted by Crippen LogP contribution is -2.21. The average molecular weight is 452 g/mol. The van der Waals surface area contributed by atoms with E-state index in [1.54, 1.807) is 40.5 Å². The molecule has 3 aromatic heterocycles. The maximum absolute atomic E-state index is 13.3. The lowest BCUT2D eigenvalue weighted by molar-refractivity contribution is 0.0981. The van der Waals surface area contributed by atoms with Gasteiger partial charge < -0.3 is 5.32 Å². The summed E-state index contributed by atoms with van der Waals surface area (Å²) in [5, 5.41) is 9.13. The summed E-state index contributed by atoms with van der Waals surface area (Å²) in [6, 6.07) is 10.3. The van der Waals surface area contributed by atoms with Crippen molar-refractivity contribution in [2.45, 2.75) is 13.0 Å². The van der Waals surface area contributed by atoms with Crippen LogP contribution in [0.3, 0.4) is 0 Å². The Morgan fingerprint density at radius 2 is 2.06 bits per heavy atom. The minimum atomic E-state index is -0.445. The standard InChI is InChI=1S/C22H19ClFN7O/c1-30-20(5-8-27-30)29-22-25-7-4-19(28-22)16-11-15-6-9-31(21(15)26-12-16)32-13-14-2-3-18(24)17(23)10-14/h2-5,7-8,10-12H,6,9,13H2,1H3,(H,25,28,29). The van der Waals surface area contributed by atoms with Crippen LogP contribution in [-0.4, -0.2) is 31.3 Å². The lowest BCUT2D eigenvalue weighted by atomic mass is 10.1. The Balaban J connectivity index is 1.31. The van der Waals surface area contributed by atoms with Gasteiger partial charge in [0, 0.05) is 31.1 Å². The van der Waals surface area contributed by atoms with Gasteiger partial charge in [-0.15, -0.1) is 0 Å². The fraction of sp³-hybridized carbons (Fsp3) is 0.182. The van der Waals surface area contributed by atoms with Crippen LogP contribution < -0.4 is 10.4 Å². The molecule has 1 aromatic carbocycles. The van der Waals surface area contributed by atoms with Gasteiger partial charge in [-0.05, 0) is 41.8 Å². The van der Waals surface area contributed by atoms with Gasteiger partial charge in [-0.2, -0.15) is 5.10 Å². The van der Waals surface area contributed by atoms with E-state index in [2.05, 4.69) is 31.4 Å². The Hall–Kier alpha value is -3.56. The highest BCUT2D eigenvalue weighted by Crippen LogP contribution is 2.30. The second-order valence-corrected chi connectivity index (χ2v) is 7.72. The van der Waals surface area contributed by atoms with Crippen LogP contribution in [0.25, 0.3) is 11.3 Å². The monoisotopic (exact) mass is 451 g/mol. The molecule has 8 nitrogen and oxygen atoms in total. The average Bonchev–Trinajstić information content (AvgIpc) is 3.40. The van der Waals surface area contributed by atoms with Crippen molar-refractivity contribution in [2.75, 3.05) is 16.9 Å². The molecule has 0 saturated heterocycles. The van der Waals surface area contributed by atoms with Crippen LogP contribution in [0.5, 0.6) is 0 Å². The van der Waals surface area contributed by atoms with E-state index in [1.165, 1.54) is 6.07 Å². The van der Waals surface area contributed by atoms with Crippen LogP contribution in [0.15, 0.2) is 55.0 Å². The largest absolute Gasteiger partial charge is 0.309 e. The molecular formula is C22H19ClFN7O. The third-order valence-electron chi connectivity index (χ3n) is 5.15. The van der Waals surface area contributed by atoms with E-state index in [0.29, 0.717) is 12.5 Å². The predicted octanol–water partition coefficient (Wildman–Crippen LogP) is 4.30. The molecule has 0 amide bonds. The van der Waals surface area contributed by atoms with Crippen molar-refractivity contribution in [3.05, 3.63) is 77.0 Å². The number of hydrogen-bond acceptors (Lipinski definition) is 7. The first kappa shape index (κ1) is 20.3. The number of hydroxylamine groups is 1. The third kappa shape index (κ3) is 4.12. The molecular weight excluding hydrogens is 433 g/mol. The second kappa shape index (κ2) is 8.52. The fourth-order valence-electron chi connectivity index (χ4n) is 3.48. The number of hydrogen-bond donors (Lipinski definition) is 1. The number of anilines is 3. The van der Waals surface area contributed by atoms with Crippen LogP contribution >= 0.6 is 11.6 Å². The molecule has 5 rings (SSSR count). The van der Waals surface area contributed by atoms with Crippen molar-refractivity contribution in [1.82, 2.24) is 24.7 Å². The number of benzene rings is 1. The Kier molecular flexibility index (Phi) is 5.42. The zero-order chi connectivity index (χ0) is 22.1. The summed E-state index contributed by atoms with van der Waals surface area (Å²) in [6.07, 6.45) is 5.98. The maximum Gasteiger partial charge on any atom is 0.228 e. The molecule has 1 N–H and O–H groups in total. The fourth-order valence-corrected chi connectivity index (χ4v) is 3.68. The molecule has 10 heteroatoms. The number of halogens is 2. The number of aromatic nitrogens is 5. The maximum atomic E-state index is 13.3. The number of fused-ring (bicyclic) bond motifs is 1. The zero-order valence-electron chi connectivity index (χ0n) is 17.2. The minimum Gasteiger partial charge on any atom is -0.309 e. The van der Waals surface area contributed by atoms with E-state index >= 15 is 0 Å². The van der Waals surface area contributed by atoms with E-state index in [-0.39, 0.29) is 11.6 Å². The summed E-state index contributed by atoms with van der Waals surface area (Å²) in [6.45, 7) is 0.954. The van der Waals surface area contributed by atoms with Gasteiger partial charge in [0.2, 0.25) is 5.95 Å². The number of nitrogens with zero attached hydrogens (tertiary/aromatic N) is 6. The van der Waals surface area contributed by atoms with Crippen LogP contribution in [0.4, 0.5) is 22.0 Å². The molecule has 0 unspecified atom stereocenters. The van der Waals surface area contributed by atoms with E-state index in [0.717, 1.165) is 40.4 Å². The molecule has 0 bridgehead atoms. The number of pyridine rings is 1. The summed E-state index contributed by atoms with van der Waals surface area (Å²) in [5.74, 6) is 1.60. The second-order valence-electron chi connectivity index (χ2n) is 7.31. The molecule has 4 heterocycles. The van der Waals surface area contributed by atoms with Gasteiger partial charge in [-0.25, -0.2) is 24.4 Å². The van der Waals surface area contributed by atoms with Crippen molar-refractivity contribution in [3.63, 3.8) is 0 Å². The Bertz CT molecular complexity index is 1280. The lowest BCUT2D eigenvalue weighted by Gasteiger charge is -2.18. The molecule has 32 heavy (non-hydrogen) atoms. The Morgan fingerprint density at radius 3 is 2.88 bits per heavy atom. The van der Waals surface area contributed by atoms with E-state index in [4.69, 9.17) is 16.4 Å². The SMILES string of the molecule is Cn1nccc1Nc1nccc(-c2cnc3c(c2)CCN3OCc2ccc(F)c(Cl)c2)n1.